The lowest BCUT2D eigenvalue weighted by Gasteiger charge is -1.99. The van der Waals surface area contributed by atoms with Crippen LogP contribution >= 0.6 is 11.8 Å². The van der Waals surface area contributed by atoms with Gasteiger partial charge in [-0.25, -0.2) is 4.98 Å². The molecule has 5 heteroatoms. The minimum absolute atomic E-state index is 0.0805. The summed E-state index contributed by atoms with van der Waals surface area (Å²) in [5, 5.41) is 7.69. The number of benzene rings is 2. The number of ketones is 1. The van der Waals surface area contributed by atoms with Gasteiger partial charge in [0.1, 0.15) is 0 Å². The molecule has 3 rings (SSSR count). The molecular weight excluding hydrogens is 306 g/mol. The fourth-order valence-electron chi connectivity index (χ4n) is 2.19. The molecule has 1 aromatic heterocycles. The zero-order valence-electron chi connectivity index (χ0n) is 13.0. The van der Waals surface area contributed by atoms with Gasteiger partial charge in [-0.15, -0.1) is 5.10 Å². The van der Waals surface area contributed by atoms with Crippen molar-refractivity contribution in [1.29, 1.82) is 0 Å². The molecule has 0 amide bonds. The molecule has 23 heavy (non-hydrogen) atoms. The van der Waals surface area contributed by atoms with E-state index in [-0.39, 0.29) is 5.78 Å². The molecule has 0 fully saturated rings. The number of nitrogens with zero attached hydrogens (tertiary/aromatic N) is 2. The molecule has 0 bridgehead atoms. The number of thioether (sulfide) groups is 1. The van der Waals surface area contributed by atoms with E-state index >= 15 is 0 Å². The standard InChI is InChI=1S/C18H17N3OS/c1-12-6-8-14(9-7-12)16(22)11-23-18-19-17(20-21-18)15-5-3-4-13(2)10-15/h3-10H,11H2,1-2H3,(H,19,20,21). The highest BCUT2D eigenvalue weighted by atomic mass is 32.2. The Bertz CT molecular complexity index is 824. The maximum Gasteiger partial charge on any atom is 0.209 e. The monoisotopic (exact) mass is 323 g/mol. The summed E-state index contributed by atoms with van der Waals surface area (Å²) in [6, 6.07) is 15.7. The molecule has 116 valence electrons. The second-order valence-corrected chi connectivity index (χ2v) is 6.36. The topological polar surface area (TPSA) is 58.6 Å². The van der Waals surface area contributed by atoms with Gasteiger partial charge < -0.3 is 0 Å². The molecule has 4 nitrogen and oxygen atoms in total. The summed E-state index contributed by atoms with van der Waals surface area (Å²) in [5.41, 5.74) is 4.03. The Morgan fingerprint density at radius 1 is 1.09 bits per heavy atom. The smallest absolute Gasteiger partial charge is 0.209 e. The predicted octanol–water partition coefficient (Wildman–Crippen LogP) is 4.06. The molecule has 0 atom stereocenters. The normalized spacial score (nSPS) is 10.7. The number of hydrogen-bond acceptors (Lipinski definition) is 4. The molecule has 1 N–H and O–H groups in total. The lowest BCUT2D eigenvalue weighted by molar-refractivity contribution is 0.102. The van der Waals surface area contributed by atoms with Crippen LogP contribution in [0.15, 0.2) is 53.7 Å². The van der Waals surface area contributed by atoms with Crippen molar-refractivity contribution in [3.63, 3.8) is 0 Å². The Kier molecular flexibility index (Phi) is 4.57. The molecule has 0 aliphatic rings. The van der Waals surface area contributed by atoms with E-state index in [1.807, 2.05) is 62.4 Å². The van der Waals surface area contributed by atoms with Crippen LogP contribution in [0.2, 0.25) is 0 Å². The maximum atomic E-state index is 12.2. The van der Waals surface area contributed by atoms with Crippen LogP contribution in [0.1, 0.15) is 21.5 Å². The van der Waals surface area contributed by atoms with Crippen molar-refractivity contribution in [3.05, 3.63) is 65.2 Å². The third kappa shape index (κ3) is 3.87. The van der Waals surface area contributed by atoms with Gasteiger partial charge in [0.25, 0.3) is 0 Å². The van der Waals surface area contributed by atoms with Crippen LogP contribution in [-0.4, -0.2) is 26.7 Å². The van der Waals surface area contributed by atoms with Crippen molar-refractivity contribution < 1.29 is 4.79 Å². The van der Waals surface area contributed by atoms with Gasteiger partial charge in [-0.1, -0.05) is 65.4 Å². The van der Waals surface area contributed by atoms with E-state index in [0.717, 1.165) is 22.5 Å². The van der Waals surface area contributed by atoms with Gasteiger partial charge in [-0.2, -0.15) is 0 Å². The van der Waals surface area contributed by atoms with Crippen LogP contribution in [0.4, 0.5) is 0 Å². The Morgan fingerprint density at radius 2 is 1.87 bits per heavy atom. The highest BCUT2D eigenvalue weighted by Gasteiger charge is 2.10. The number of aromatic amines is 1. The lowest BCUT2D eigenvalue weighted by Crippen LogP contribution is -2.02. The molecule has 0 saturated carbocycles. The second-order valence-electron chi connectivity index (χ2n) is 5.41. The summed E-state index contributed by atoms with van der Waals surface area (Å²) in [7, 11) is 0. The van der Waals surface area contributed by atoms with E-state index in [4.69, 9.17) is 0 Å². The zero-order chi connectivity index (χ0) is 16.2. The average molecular weight is 323 g/mol. The first-order valence-electron chi connectivity index (χ1n) is 7.34. The van der Waals surface area contributed by atoms with Gasteiger partial charge in [0.05, 0.1) is 5.75 Å². The van der Waals surface area contributed by atoms with Crippen LogP contribution in [0.5, 0.6) is 0 Å². The number of nitrogens with one attached hydrogen (secondary N) is 1. The van der Waals surface area contributed by atoms with Gasteiger partial charge in [0.15, 0.2) is 11.6 Å². The fourth-order valence-corrected chi connectivity index (χ4v) is 2.88. The Morgan fingerprint density at radius 3 is 2.61 bits per heavy atom. The zero-order valence-corrected chi connectivity index (χ0v) is 13.9. The molecule has 0 aliphatic heterocycles. The number of carbonyl (C=O) groups is 1. The van der Waals surface area contributed by atoms with Crippen LogP contribution in [-0.2, 0) is 0 Å². The summed E-state index contributed by atoms with van der Waals surface area (Å²) < 4.78 is 0. The number of aromatic nitrogens is 3. The number of rotatable bonds is 5. The van der Waals surface area contributed by atoms with Gasteiger partial charge >= 0.3 is 0 Å². The van der Waals surface area contributed by atoms with Crippen molar-refractivity contribution in [1.82, 2.24) is 15.2 Å². The summed E-state index contributed by atoms with van der Waals surface area (Å²) in [6.45, 7) is 4.04. The van der Waals surface area contributed by atoms with E-state index in [9.17, 15) is 4.79 Å². The molecule has 0 aliphatic carbocycles. The molecule has 0 radical (unpaired) electrons. The summed E-state index contributed by atoms with van der Waals surface area (Å²) in [5.74, 6) is 1.13. The van der Waals surface area contributed by atoms with Gasteiger partial charge in [0.2, 0.25) is 5.16 Å². The van der Waals surface area contributed by atoms with Crippen molar-refractivity contribution in [2.75, 3.05) is 5.75 Å². The van der Waals surface area contributed by atoms with Gasteiger partial charge in [-0.05, 0) is 19.9 Å². The first-order valence-corrected chi connectivity index (χ1v) is 8.32. The Balaban J connectivity index is 1.65. The van der Waals surface area contributed by atoms with Crippen LogP contribution in [0, 0.1) is 13.8 Å². The molecular formula is C18H17N3OS. The molecule has 0 unspecified atom stereocenters. The largest absolute Gasteiger partial charge is 0.293 e. The molecule has 0 spiro atoms. The molecule has 2 aromatic carbocycles. The van der Waals surface area contributed by atoms with Crippen LogP contribution in [0.3, 0.4) is 0 Å². The molecule has 0 saturated heterocycles. The van der Waals surface area contributed by atoms with Crippen molar-refractivity contribution >= 4 is 17.5 Å². The summed E-state index contributed by atoms with van der Waals surface area (Å²) >= 11 is 1.34. The highest BCUT2D eigenvalue weighted by Crippen LogP contribution is 2.20. The number of Topliss-reactive ketones (excluding diaryl/α,β-unsaturated/α-hetero) is 1. The van der Waals surface area contributed by atoms with E-state index in [2.05, 4.69) is 15.2 Å². The third-order valence-electron chi connectivity index (χ3n) is 3.46. The first kappa shape index (κ1) is 15.5. The Hall–Kier alpha value is -2.40. The van der Waals surface area contributed by atoms with E-state index in [0.29, 0.717) is 10.9 Å². The average Bonchev–Trinajstić information content (AvgIpc) is 3.02. The first-order chi connectivity index (χ1) is 11.1. The molecule has 3 aromatic rings. The van der Waals surface area contributed by atoms with E-state index < -0.39 is 0 Å². The fraction of sp³-hybridized carbons (Fsp3) is 0.167. The minimum Gasteiger partial charge on any atom is -0.293 e. The predicted molar refractivity (Wildman–Crippen MR) is 92.8 cm³/mol. The van der Waals surface area contributed by atoms with E-state index in [1.54, 1.807) is 0 Å². The van der Waals surface area contributed by atoms with Crippen LogP contribution in [0.25, 0.3) is 11.4 Å². The molecule has 1 heterocycles. The van der Waals surface area contributed by atoms with Gasteiger partial charge in [-0.3, -0.25) is 9.89 Å². The number of carbonyl (C=O) groups excluding carboxylic acids is 1. The third-order valence-corrected chi connectivity index (χ3v) is 4.31. The maximum absolute atomic E-state index is 12.2. The number of aryl methyl sites for hydroxylation is 2. The number of H-pyrrole nitrogens is 1. The van der Waals surface area contributed by atoms with Crippen molar-refractivity contribution in [2.24, 2.45) is 0 Å². The van der Waals surface area contributed by atoms with Crippen LogP contribution < -0.4 is 0 Å². The van der Waals surface area contributed by atoms with Crippen molar-refractivity contribution in [2.45, 2.75) is 19.0 Å². The number of hydrogen-bond donors (Lipinski definition) is 1. The SMILES string of the molecule is Cc1ccc(C(=O)CSc2n[nH]c(-c3cccc(C)c3)n2)cc1. The van der Waals surface area contributed by atoms with E-state index in [1.165, 1.54) is 17.3 Å². The quantitative estimate of drug-likeness (QED) is 0.568. The summed E-state index contributed by atoms with van der Waals surface area (Å²) in [6.07, 6.45) is 0. The summed E-state index contributed by atoms with van der Waals surface area (Å²) in [4.78, 5) is 16.6. The van der Waals surface area contributed by atoms with Gasteiger partial charge in [0, 0.05) is 11.1 Å². The minimum atomic E-state index is 0.0805. The lowest BCUT2D eigenvalue weighted by atomic mass is 10.1. The second kappa shape index (κ2) is 6.79. The van der Waals surface area contributed by atoms with Crippen molar-refractivity contribution in [3.8, 4) is 11.4 Å². The Labute approximate surface area is 139 Å². The highest BCUT2D eigenvalue weighted by molar-refractivity contribution is 7.99.